The van der Waals surface area contributed by atoms with E-state index in [2.05, 4.69) is 12.1 Å². The van der Waals surface area contributed by atoms with Crippen molar-refractivity contribution in [2.75, 3.05) is 19.6 Å². The number of carbonyl (C=O) groups is 2. The number of thiophene rings is 1. The number of likely N-dealkylation sites (tertiary alicyclic amines) is 1. The lowest BCUT2D eigenvalue weighted by Crippen LogP contribution is -2.30. The van der Waals surface area contributed by atoms with Crippen molar-refractivity contribution in [3.05, 3.63) is 71.1 Å². The molecular weight excluding hydrogens is 404 g/mol. The Morgan fingerprint density at radius 2 is 1.72 bits per heavy atom. The van der Waals surface area contributed by atoms with Crippen molar-refractivity contribution in [1.29, 1.82) is 0 Å². The van der Waals surface area contributed by atoms with Gasteiger partial charge in [-0.3, -0.25) is 9.59 Å². The summed E-state index contributed by atoms with van der Waals surface area (Å²) in [6.07, 6.45) is 0.501. The van der Waals surface area contributed by atoms with E-state index in [0.29, 0.717) is 19.6 Å². The number of ketones is 1. The van der Waals surface area contributed by atoms with Crippen LogP contribution in [-0.4, -0.2) is 36.2 Å². The number of nitrogens with zero attached hydrogens (tertiary/aromatic N) is 1. The Morgan fingerprint density at radius 1 is 1.00 bits per heavy atom. The highest BCUT2D eigenvalue weighted by Crippen LogP contribution is 2.32. The minimum Gasteiger partial charge on any atom is -0.342 e. The average Bonchev–Trinajstić information content (AvgIpc) is 3.37. The lowest BCUT2D eigenvalue weighted by molar-refractivity contribution is -0.130. The van der Waals surface area contributed by atoms with Gasteiger partial charge in [0, 0.05) is 52.9 Å². The first kappa shape index (κ1) is 21.5. The van der Waals surface area contributed by atoms with Crippen LogP contribution in [-0.2, 0) is 4.79 Å². The second-order valence-corrected chi connectivity index (χ2v) is 8.29. The Morgan fingerprint density at radius 3 is 2.48 bits per heavy atom. The maximum Gasteiger partial charge on any atom is 0.223 e. The number of rotatable bonds is 6. The molecule has 2 aromatic carbocycles. The number of hydrogen-bond donors (Lipinski definition) is 1. The molecule has 4 nitrogen and oxygen atoms in total. The first-order chi connectivity index (χ1) is 13.7. The molecule has 3 aromatic rings. The van der Waals surface area contributed by atoms with Crippen LogP contribution < -0.4 is 5.73 Å². The van der Waals surface area contributed by atoms with Crippen molar-refractivity contribution in [2.24, 2.45) is 11.7 Å². The van der Waals surface area contributed by atoms with Gasteiger partial charge in [-0.1, -0.05) is 48.5 Å². The maximum atomic E-state index is 12.8. The quantitative estimate of drug-likeness (QED) is 0.588. The number of benzene rings is 2. The molecule has 2 heterocycles. The van der Waals surface area contributed by atoms with Crippen LogP contribution in [0.2, 0.25) is 0 Å². The van der Waals surface area contributed by atoms with E-state index in [0.717, 1.165) is 15.6 Å². The van der Waals surface area contributed by atoms with Gasteiger partial charge in [-0.25, -0.2) is 0 Å². The van der Waals surface area contributed by atoms with Gasteiger partial charge in [0.15, 0.2) is 5.78 Å². The van der Waals surface area contributed by atoms with E-state index in [-0.39, 0.29) is 48.8 Å². The molecule has 0 saturated carbocycles. The Hall–Kier alpha value is -2.21. The summed E-state index contributed by atoms with van der Waals surface area (Å²) in [5, 5.41) is 2.89. The van der Waals surface area contributed by atoms with Crippen LogP contribution in [0.25, 0.3) is 10.1 Å². The van der Waals surface area contributed by atoms with E-state index in [1.807, 2.05) is 52.7 Å². The highest BCUT2D eigenvalue weighted by molar-refractivity contribution is 7.17. The van der Waals surface area contributed by atoms with Gasteiger partial charge in [-0.15, -0.1) is 23.7 Å². The summed E-state index contributed by atoms with van der Waals surface area (Å²) in [6, 6.07) is 18.2. The standard InChI is InChI=1S/C23H24N2O2S.ClH/c24-12-17-13-25(14-19(17)16-6-2-1-3-7-16)23(27)11-10-21(26)20-15-28-22-9-5-4-8-18(20)22;/h1-9,15,17,19H,10-14,24H2;1H/t17-,19+;/m1./s1. The zero-order chi connectivity index (χ0) is 19.5. The van der Waals surface area contributed by atoms with Crippen molar-refractivity contribution in [1.82, 2.24) is 4.90 Å². The first-order valence-corrected chi connectivity index (χ1v) is 10.6. The predicted molar refractivity (Wildman–Crippen MR) is 121 cm³/mol. The monoisotopic (exact) mass is 428 g/mol. The highest BCUT2D eigenvalue weighted by atomic mass is 35.5. The number of nitrogens with two attached hydrogens (primary N) is 1. The molecule has 29 heavy (non-hydrogen) atoms. The van der Waals surface area contributed by atoms with Gasteiger partial charge in [-0.05, 0) is 24.1 Å². The zero-order valence-electron chi connectivity index (χ0n) is 16.1. The van der Waals surface area contributed by atoms with Crippen molar-refractivity contribution in [3.8, 4) is 0 Å². The molecular formula is C23H25ClN2O2S. The topological polar surface area (TPSA) is 63.4 Å². The molecule has 1 aliphatic heterocycles. The molecule has 1 saturated heterocycles. The second kappa shape index (κ2) is 9.53. The smallest absolute Gasteiger partial charge is 0.223 e. The molecule has 0 spiro atoms. The summed E-state index contributed by atoms with van der Waals surface area (Å²) in [7, 11) is 0. The van der Waals surface area contributed by atoms with Crippen LogP contribution in [0.15, 0.2) is 60.0 Å². The Balaban J connectivity index is 0.00000240. The number of Topliss-reactive ketones (excluding diaryl/α,β-unsaturated/α-hetero) is 1. The van der Waals surface area contributed by atoms with Crippen LogP contribution in [0.1, 0.15) is 34.7 Å². The van der Waals surface area contributed by atoms with E-state index in [1.165, 1.54) is 5.56 Å². The van der Waals surface area contributed by atoms with Crippen LogP contribution in [0, 0.1) is 5.92 Å². The highest BCUT2D eigenvalue weighted by Gasteiger charge is 2.35. The summed E-state index contributed by atoms with van der Waals surface area (Å²) >= 11 is 1.57. The SMILES string of the molecule is Cl.NC[C@@H]1CN(C(=O)CCC(=O)c2csc3ccccc23)C[C@H]1c1ccccc1. The third-order valence-electron chi connectivity index (χ3n) is 5.67. The van der Waals surface area contributed by atoms with E-state index in [4.69, 9.17) is 5.73 Å². The first-order valence-electron chi connectivity index (χ1n) is 9.69. The Kier molecular flexibility index (Phi) is 7.06. The lowest BCUT2D eigenvalue weighted by Gasteiger charge is -2.16. The average molecular weight is 429 g/mol. The Bertz CT molecular complexity index is 989. The molecule has 6 heteroatoms. The number of amides is 1. The van der Waals surface area contributed by atoms with Crippen LogP contribution in [0.3, 0.4) is 0 Å². The Labute approximate surface area is 181 Å². The summed E-state index contributed by atoms with van der Waals surface area (Å²) in [5.74, 6) is 0.624. The van der Waals surface area contributed by atoms with Crippen LogP contribution in [0.5, 0.6) is 0 Å². The van der Waals surface area contributed by atoms with Crippen molar-refractivity contribution in [3.63, 3.8) is 0 Å². The molecule has 4 rings (SSSR count). The zero-order valence-corrected chi connectivity index (χ0v) is 17.8. The minimum absolute atomic E-state index is 0. The summed E-state index contributed by atoms with van der Waals surface area (Å²) in [5.41, 5.74) is 7.94. The van der Waals surface area contributed by atoms with E-state index in [9.17, 15) is 9.59 Å². The van der Waals surface area contributed by atoms with E-state index >= 15 is 0 Å². The molecule has 0 bridgehead atoms. The molecule has 0 radical (unpaired) electrons. The van der Waals surface area contributed by atoms with Gasteiger partial charge in [0.1, 0.15) is 0 Å². The third kappa shape index (κ3) is 4.53. The molecule has 0 aliphatic carbocycles. The van der Waals surface area contributed by atoms with Crippen LogP contribution >= 0.6 is 23.7 Å². The fourth-order valence-corrected chi connectivity index (χ4v) is 5.06. The fourth-order valence-electron chi connectivity index (χ4n) is 4.10. The second-order valence-electron chi connectivity index (χ2n) is 7.38. The van der Waals surface area contributed by atoms with Crippen molar-refractivity contribution in [2.45, 2.75) is 18.8 Å². The van der Waals surface area contributed by atoms with Crippen molar-refractivity contribution >= 4 is 45.5 Å². The van der Waals surface area contributed by atoms with Gasteiger partial charge in [0.25, 0.3) is 0 Å². The number of fused-ring (bicyclic) bond motifs is 1. The number of carbonyl (C=O) groups excluding carboxylic acids is 2. The number of halogens is 1. The van der Waals surface area contributed by atoms with Gasteiger partial charge >= 0.3 is 0 Å². The molecule has 0 unspecified atom stereocenters. The van der Waals surface area contributed by atoms with Gasteiger partial charge in [0.05, 0.1) is 0 Å². The summed E-state index contributed by atoms with van der Waals surface area (Å²) in [6.45, 7) is 1.91. The largest absolute Gasteiger partial charge is 0.342 e. The predicted octanol–water partition coefficient (Wildman–Crippen LogP) is 4.49. The lowest BCUT2D eigenvalue weighted by atomic mass is 9.89. The molecule has 1 aliphatic rings. The van der Waals surface area contributed by atoms with Crippen molar-refractivity contribution < 1.29 is 9.59 Å². The molecule has 2 N–H and O–H groups in total. The van der Waals surface area contributed by atoms with Gasteiger partial charge < -0.3 is 10.6 Å². The van der Waals surface area contributed by atoms with E-state index in [1.54, 1.807) is 11.3 Å². The number of hydrogen-bond acceptors (Lipinski definition) is 4. The molecule has 1 aromatic heterocycles. The normalized spacial score (nSPS) is 18.6. The molecule has 1 amide bonds. The van der Waals surface area contributed by atoms with Crippen LogP contribution in [0.4, 0.5) is 0 Å². The maximum absolute atomic E-state index is 12.8. The van der Waals surface area contributed by atoms with Gasteiger partial charge in [-0.2, -0.15) is 0 Å². The fraction of sp³-hybridized carbons (Fsp3) is 0.304. The molecule has 2 atom stereocenters. The third-order valence-corrected chi connectivity index (χ3v) is 6.63. The summed E-state index contributed by atoms with van der Waals surface area (Å²) < 4.78 is 1.10. The van der Waals surface area contributed by atoms with Gasteiger partial charge in [0.2, 0.25) is 5.91 Å². The van der Waals surface area contributed by atoms with E-state index < -0.39 is 0 Å². The minimum atomic E-state index is 0. The summed E-state index contributed by atoms with van der Waals surface area (Å²) in [4.78, 5) is 27.3. The molecule has 152 valence electrons. The molecule has 1 fully saturated rings.